The quantitative estimate of drug-likeness (QED) is 0.148. The van der Waals surface area contributed by atoms with Gasteiger partial charge < -0.3 is 15.1 Å². The first-order chi connectivity index (χ1) is 16.4. The fourth-order valence-corrected chi connectivity index (χ4v) is 4.64. The van der Waals surface area contributed by atoms with Crippen molar-refractivity contribution in [2.24, 2.45) is 0 Å². The summed E-state index contributed by atoms with van der Waals surface area (Å²) >= 11 is 0. The molecule has 3 heteroatoms. The van der Waals surface area contributed by atoms with Gasteiger partial charge in [-0.25, -0.2) is 0 Å². The summed E-state index contributed by atoms with van der Waals surface area (Å²) in [5, 5.41) is 17.7. The molecule has 0 spiro atoms. The number of nitrogens with zero attached hydrogens (tertiary/aromatic N) is 1. The molecule has 0 aliphatic heterocycles. The summed E-state index contributed by atoms with van der Waals surface area (Å²) in [5.74, 6) is 0. The highest BCUT2D eigenvalue weighted by atomic mass is 16.3. The van der Waals surface area contributed by atoms with E-state index in [1.54, 1.807) is 0 Å². The van der Waals surface area contributed by atoms with Gasteiger partial charge in [0.1, 0.15) is 0 Å². The second-order valence-corrected chi connectivity index (χ2v) is 9.89. The van der Waals surface area contributed by atoms with Crippen LogP contribution >= 0.6 is 0 Å². The highest BCUT2D eigenvalue weighted by Crippen LogP contribution is 2.13. The molecule has 33 heavy (non-hydrogen) atoms. The van der Waals surface area contributed by atoms with Crippen LogP contribution < -0.4 is 0 Å². The first-order valence-electron chi connectivity index (χ1n) is 14.3. The molecule has 1 aromatic rings. The molecule has 0 radical (unpaired) electrons. The predicted octanol–water partition coefficient (Wildman–Crippen LogP) is 7.54. The Kier molecular flexibility index (Phi) is 22.1. The largest absolute Gasteiger partial charge is 0.396 e. The zero-order valence-electron chi connectivity index (χ0n) is 21.7. The van der Waals surface area contributed by atoms with Gasteiger partial charge in [-0.2, -0.15) is 0 Å². The van der Waals surface area contributed by atoms with Crippen molar-refractivity contribution in [1.82, 2.24) is 4.90 Å². The third-order valence-electron chi connectivity index (χ3n) is 6.82. The second kappa shape index (κ2) is 24.2. The summed E-state index contributed by atoms with van der Waals surface area (Å²) in [4.78, 5) is 2.72. The Balaban J connectivity index is 2.12. The standard InChI is InChI=1S/C30H55NO2/c32-28-20-13-9-5-1-3-7-11-18-25-31(27-24-30-22-16-15-17-23-30)26-19-12-8-4-2-6-10-14-21-29-33/h15-17,22-23,32-33H,1-14,18-21,24-29H2. The van der Waals surface area contributed by atoms with Gasteiger partial charge in [-0.3, -0.25) is 0 Å². The zero-order valence-corrected chi connectivity index (χ0v) is 21.7. The predicted molar refractivity (Wildman–Crippen MR) is 144 cm³/mol. The van der Waals surface area contributed by atoms with E-state index in [0.717, 1.165) is 12.8 Å². The number of hydrogen-bond donors (Lipinski definition) is 2. The molecule has 0 fully saturated rings. The van der Waals surface area contributed by atoms with Crippen LogP contribution in [0.3, 0.4) is 0 Å². The van der Waals surface area contributed by atoms with E-state index in [2.05, 4.69) is 35.2 Å². The molecule has 0 saturated carbocycles. The van der Waals surface area contributed by atoms with Crippen molar-refractivity contribution in [3.8, 4) is 0 Å². The summed E-state index contributed by atoms with van der Waals surface area (Å²) in [6.07, 6.45) is 24.4. The first-order valence-corrected chi connectivity index (χ1v) is 14.3. The Morgan fingerprint density at radius 3 is 1.18 bits per heavy atom. The SMILES string of the molecule is OCCCCCCCCCCCN(CCCCCCCCCCCO)CCc1ccccc1. The minimum absolute atomic E-state index is 0.354. The molecule has 1 rings (SSSR count). The lowest BCUT2D eigenvalue weighted by Crippen LogP contribution is -2.28. The smallest absolute Gasteiger partial charge is 0.0431 e. The number of aliphatic hydroxyl groups excluding tert-OH is 2. The Labute approximate surface area is 206 Å². The molecular formula is C30H55NO2. The minimum Gasteiger partial charge on any atom is -0.396 e. The maximum atomic E-state index is 8.84. The summed E-state index contributed by atoms with van der Waals surface area (Å²) in [6, 6.07) is 11.0. The Morgan fingerprint density at radius 2 is 0.788 bits per heavy atom. The third-order valence-corrected chi connectivity index (χ3v) is 6.82. The molecule has 0 heterocycles. The molecule has 2 N–H and O–H groups in total. The lowest BCUT2D eigenvalue weighted by atomic mass is 10.1. The van der Waals surface area contributed by atoms with Crippen molar-refractivity contribution in [2.75, 3.05) is 32.8 Å². The van der Waals surface area contributed by atoms with Crippen LogP contribution in [-0.2, 0) is 6.42 Å². The van der Waals surface area contributed by atoms with Crippen LogP contribution in [-0.4, -0.2) is 48.0 Å². The molecule has 0 aliphatic rings. The van der Waals surface area contributed by atoms with Gasteiger partial charge in [0.2, 0.25) is 0 Å². The van der Waals surface area contributed by atoms with Crippen molar-refractivity contribution in [3.05, 3.63) is 35.9 Å². The molecule has 0 unspecified atom stereocenters. The zero-order chi connectivity index (χ0) is 23.7. The molecule has 0 atom stereocenters. The monoisotopic (exact) mass is 461 g/mol. The van der Waals surface area contributed by atoms with E-state index in [9.17, 15) is 0 Å². The summed E-state index contributed by atoms with van der Waals surface area (Å²) in [7, 11) is 0. The first kappa shape index (κ1) is 30.1. The topological polar surface area (TPSA) is 43.7 Å². The van der Waals surface area contributed by atoms with E-state index in [-0.39, 0.29) is 0 Å². The van der Waals surface area contributed by atoms with Crippen molar-refractivity contribution in [1.29, 1.82) is 0 Å². The lowest BCUT2D eigenvalue weighted by molar-refractivity contribution is 0.263. The van der Waals surface area contributed by atoms with E-state index in [0.29, 0.717) is 13.2 Å². The van der Waals surface area contributed by atoms with Crippen LogP contribution in [0.15, 0.2) is 30.3 Å². The minimum atomic E-state index is 0.354. The van der Waals surface area contributed by atoms with Crippen LogP contribution in [0, 0.1) is 0 Å². The molecule has 3 nitrogen and oxygen atoms in total. The highest BCUT2D eigenvalue weighted by Gasteiger charge is 2.06. The highest BCUT2D eigenvalue weighted by molar-refractivity contribution is 5.14. The average molecular weight is 462 g/mol. The molecule has 192 valence electrons. The maximum absolute atomic E-state index is 8.84. The van der Waals surface area contributed by atoms with Crippen molar-refractivity contribution in [2.45, 2.75) is 122 Å². The molecule has 0 aromatic heterocycles. The number of benzene rings is 1. The Morgan fingerprint density at radius 1 is 0.424 bits per heavy atom. The number of rotatable bonds is 25. The molecular weight excluding hydrogens is 406 g/mol. The van der Waals surface area contributed by atoms with Crippen molar-refractivity contribution >= 4 is 0 Å². The Bertz CT molecular complexity index is 469. The van der Waals surface area contributed by atoms with Crippen molar-refractivity contribution < 1.29 is 10.2 Å². The van der Waals surface area contributed by atoms with Gasteiger partial charge in [0.25, 0.3) is 0 Å². The van der Waals surface area contributed by atoms with E-state index in [4.69, 9.17) is 10.2 Å². The Hall–Kier alpha value is -0.900. The van der Waals surface area contributed by atoms with E-state index in [1.807, 2.05) is 0 Å². The van der Waals surface area contributed by atoms with Gasteiger partial charge in [0, 0.05) is 19.8 Å². The van der Waals surface area contributed by atoms with Crippen LogP contribution in [0.5, 0.6) is 0 Å². The molecule has 1 aromatic carbocycles. The van der Waals surface area contributed by atoms with Gasteiger partial charge in [-0.1, -0.05) is 120 Å². The summed E-state index contributed by atoms with van der Waals surface area (Å²) in [5.41, 5.74) is 1.46. The van der Waals surface area contributed by atoms with E-state index >= 15 is 0 Å². The summed E-state index contributed by atoms with van der Waals surface area (Å²) < 4.78 is 0. The molecule has 0 bridgehead atoms. The van der Waals surface area contributed by atoms with E-state index in [1.165, 1.54) is 134 Å². The molecule has 0 saturated heterocycles. The van der Waals surface area contributed by atoms with Crippen LogP contribution in [0.25, 0.3) is 0 Å². The van der Waals surface area contributed by atoms with Crippen LogP contribution in [0.4, 0.5) is 0 Å². The number of hydrogen-bond acceptors (Lipinski definition) is 3. The number of unbranched alkanes of at least 4 members (excludes halogenated alkanes) is 16. The lowest BCUT2D eigenvalue weighted by Gasteiger charge is -2.22. The normalized spacial score (nSPS) is 11.5. The van der Waals surface area contributed by atoms with Gasteiger partial charge in [0.05, 0.1) is 0 Å². The van der Waals surface area contributed by atoms with Gasteiger partial charge >= 0.3 is 0 Å². The van der Waals surface area contributed by atoms with Crippen LogP contribution in [0.2, 0.25) is 0 Å². The van der Waals surface area contributed by atoms with Gasteiger partial charge in [0.15, 0.2) is 0 Å². The van der Waals surface area contributed by atoms with Gasteiger partial charge in [-0.15, -0.1) is 0 Å². The fourth-order valence-electron chi connectivity index (χ4n) is 4.64. The molecule has 0 amide bonds. The fraction of sp³-hybridized carbons (Fsp3) is 0.800. The number of aliphatic hydroxyl groups is 2. The van der Waals surface area contributed by atoms with Crippen molar-refractivity contribution in [3.63, 3.8) is 0 Å². The molecule has 0 aliphatic carbocycles. The third kappa shape index (κ3) is 20.2. The second-order valence-electron chi connectivity index (χ2n) is 9.89. The maximum Gasteiger partial charge on any atom is 0.0431 e. The van der Waals surface area contributed by atoms with E-state index < -0.39 is 0 Å². The van der Waals surface area contributed by atoms with Gasteiger partial charge in [-0.05, 0) is 50.8 Å². The summed E-state index contributed by atoms with van der Waals surface area (Å²) in [6.45, 7) is 4.42. The average Bonchev–Trinajstić information content (AvgIpc) is 2.85. The van der Waals surface area contributed by atoms with Crippen LogP contribution in [0.1, 0.15) is 121 Å².